The Morgan fingerprint density at radius 1 is 0.288 bits per heavy atom. The Balaban J connectivity index is 0.000000128. The van der Waals surface area contributed by atoms with Gasteiger partial charge in [-0.15, -0.1) is 0 Å². The van der Waals surface area contributed by atoms with Crippen LogP contribution in [0.15, 0.2) is 219 Å². The second-order valence-electron chi connectivity index (χ2n) is 33.0. The zero-order valence-electron chi connectivity index (χ0n) is 71.2. The summed E-state index contributed by atoms with van der Waals surface area (Å²) in [5.41, 5.74) is 41.1. The summed E-state index contributed by atoms with van der Waals surface area (Å²) in [4.78, 5) is 0. The van der Waals surface area contributed by atoms with Gasteiger partial charge in [-0.25, -0.2) is 18.3 Å². The van der Waals surface area contributed by atoms with E-state index in [-0.39, 0.29) is 21.7 Å². The second kappa shape index (κ2) is 27.4. The first kappa shape index (κ1) is 66.3. The van der Waals surface area contributed by atoms with Crippen LogP contribution in [0.25, 0.3) is 89.5 Å². The fourth-order valence-electron chi connectivity index (χ4n) is 17.8. The molecule has 4 nitrogen and oxygen atoms in total. The molecule has 4 aliphatic carbocycles. The maximum absolute atomic E-state index is 8.59. The lowest BCUT2D eigenvalue weighted by molar-refractivity contribution is -0.660. The van der Waals surface area contributed by atoms with Crippen molar-refractivity contribution < 1.29 is 25.1 Å². The van der Waals surface area contributed by atoms with Gasteiger partial charge in [-0.1, -0.05) is 232 Å². The molecule has 16 rings (SSSR count). The number of nitrogens with zero attached hydrogens (tertiary/aromatic N) is 4. The SMILES string of the molecule is Cc1ccc2c(c1-c1cccc[n+]1C)-c1ccc(C(C)C)cc1C2(C)C.Cc1ccc2c(c1-c1cccc[n+]1C)-c1cccc(C(C)C)c1C2(C)C.[2H]C(C)(C)c1ccc2c(c1)C(C)(C)c1ccc(C)c(-c3cccc[n+]3C)c1-2.[2H]C([2H])([2H])C([2H])(C)c1ccc2c(c1)-c1c(ccc(C)c1-c1cccc[n+]1C)C2(C)C. The molecule has 1 unspecified atom stereocenters. The van der Waals surface area contributed by atoms with Gasteiger partial charge in [0.05, 0.1) is 22.3 Å². The van der Waals surface area contributed by atoms with Gasteiger partial charge in [0.15, 0.2) is 24.8 Å². The van der Waals surface area contributed by atoms with Gasteiger partial charge in [0.1, 0.15) is 28.2 Å². The van der Waals surface area contributed by atoms with Crippen molar-refractivity contribution in [2.45, 2.75) is 184 Å². The van der Waals surface area contributed by atoms with Crippen LogP contribution >= 0.6 is 0 Å². The summed E-state index contributed by atoms with van der Waals surface area (Å²) in [5, 5.41) is 0. The van der Waals surface area contributed by atoms with Crippen molar-refractivity contribution >= 4 is 0 Å². The lowest BCUT2D eigenvalue weighted by Gasteiger charge is -2.25. The monoisotopic (exact) mass is 1370 g/mol. The number of pyridine rings is 4. The van der Waals surface area contributed by atoms with Crippen molar-refractivity contribution in [3.63, 3.8) is 0 Å². The Labute approximate surface area is 630 Å². The van der Waals surface area contributed by atoms with E-state index in [0.29, 0.717) is 17.4 Å². The summed E-state index contributed by atoms with van der Waals surface area (Å²) in [5.74, 6) is -1.19. The van der Waals surface area contributed by atoms with Crippen LogP contribution in [-0.2, 0) is 49.9 Å². The molecule has 0 saturated carbocycles. The van der Waals surface area contributed by atoms with Crippen molar-refractivity contribution in [2.24, 2.45) is 28.2 Å². The van der Waals surface area contributed by atoms with E-state index in [9.17, 15) is 0 Å². The Kier molecular flexibility index (Phi) is 17.5. The van der Waals surface area contributed by atoms with Gasteiger partial charge >= 0.3 is 0 Å². The summed E-state index contributed by atoms with van der Waals surface area (Å²) >= 11 is 0. The van der Waals surface area contributed by atoms with Crippen LogP contribution in [0.3, 0.4) is 0 Å². The second-order valence-corrected chi connectivity index (χ2v) is 33.0. The number of rotatable bonds is 8. The predicted molar refractivity (Wildman–Crippen MR) is 438 cm³/mol. The van der Waals surface area contributed by atoms with Gasteiger partial charge < -0.3 is 0 Å². The largest absolute Gasteiger partial charge is 0.213 e. The number of benzene rings is 8. The van der Waals surface area contributed by atoms with Crippen LogP contribution in [0, 0.1) is 27.7 Å². The molecule has 0 bridgehead atoms. The van der Waals surface area contributed by atoms with Crippen molar-refractivity contribution in [3.05, 3.63) is 308 Å². The average Bonchev–Trinajstić information content (AvgIpc) is 1.60. The third-order valence-electron chi connectivity index (χ3n) is 23.8. The average molecular weight is 1380 g/mol. The minimum atomic E-state index is -2.40. The van der Waals surface area contributed by atoms with Crippen molar-refractivity contribution in [1.82, 2.24) is 0 Å². The van der Waals surface area contributed by atoms with Gasteiger partial charge in [-0.05, 0) is 187 Å². The number of hydrogen-bond acceptors (Lipinski definition) is 0. The van der Waals surface area contributed by atoms with E-state index < -0.39 is 18.6 Å². The summed E-state index contributed by atoms with van der Waals surface area (Å²) < 4.78 is 49.5. The molecule has 528 valence electrons. The van der Waals surface area contributed by atoms with Gasteiger partial charge in [0.25, 0.3) is 0 Å². The van der Waals surface area contributed by atoms with Gasteiger partial charge in [-0.2, -0.15) is 0 Å². The quantitative estimate of drug-likeness (QED) is 0.135. The first-order valence-electron chi connectivity index (χ1n) is 40.1. The highest BCUT2D eigenvalue weighted by Gasteiger charge is 2.44. The molecule has 0 aliphatic heterocycles. The summed E-state index contributed by atoms with van der Waals surface area (Å²) in [6.45, 7) is 39.5. The van der Waals surface area contributed by atoms with Crippen LogP contribution in [-0.4, -0.2) is 0 Å². The predicted octanol–water partition coefficient (Wildman–Crippen LogP) is 23.7. The lowest BCUT2D eigenvalue weighted by atomic mass is 9.78. The molecular weight excluding hydrogens is 1260 g/mol. The van der Waals surface area contributed by atoms with E-state index in [1.165, 1.54) is 158 Å². The molecule has 4 heteroatoms. The lowest BCUT2D eigenvalue weighted by Crippen LogP contribution is -2.30. The van der Waals surface area contributed by atoms with E-state index in [1.807, 2.05) is 57.4 Å². The van der Waals surface area contributed by atoms with Crippen LogP contribution in [0.5, 0.6) is 0 Å². The fourth-order valence-corrected chi connectivity index (χ4v) is 17.8. The fraction of sp³-hybridized carbons (Fsp3) is 0.320. The molecule has 104 heavy (non-hydrogen) atoms. The van der Waals surface area contributed by atoms with E-state index in [0.717, 1.165) is 22.4 Å². The molecule has 0 radical (unpaired) electrons. The maximum Gasteiger partial charge on any atom is 0.213 e. The zero-order chi connectivity index (χ0) is 78.9. The minimum Gasteiger partial charge on any atom is -0.201 e. The molecule has 4 aliphatic rings. The minimum absolute atomic E-state index is 0.0291. The molecule has 4 heterocycles. The highest BCUT2D eigenvalue weighted by atomic mass is 14.9. The van der Waals surface area contributed by atoms with E-state index in [4.69, 9.17) is 6.85 Å². The Bertz CT molecular complexity index is 5610. The van der Waals surface area contributed by atoms with Crippen molar-refractivity contribution in [1.29, 1.82) is 0 Å². The molecule has 1 atom stereocenters. The van der Waals surface area contributed by atoms with E-state index >= 15 is 0 Å². The van der Waals surface area contributed by atoms with Crippen molar-refractivity contribution in [2.75, 3.05) is 0 Å². The first-order chi connectivity index (χ1) is 51.1. The Morgan fingerprint density at radius 2 is 0.625 bits per heavy atom. The summed E-state index contributed by atoms with van der Waals surface area (Å²) in [6, 6.07) is 70.0. The molecule has 0 saturated heterocycles. The molecule has 12 aromatic rings. The molecule has 4 aromatic heterocycles. The van der Waals surface area contributed by atoms with Crippen LogP contribution in [0.4, 0.5) is 0 Å². The molecule has 0 amide bonds. The zero-order valence-corrected chi connectivity index (χ0v) is 66.2. The Hall–Kier alpha value is -9.64. The topological polar surface area (TPSA) is 15.5 Å². The van der Waals surface area contributed by atoms with Gasteiger partial charge in [0, 0.05) is 99.3 Å². The van der Waals surface area contributed by atoms with Crippen LogP contribution < -0.4 is 18.3 Å². The first-order valence-corrected chi connectivity index (χ1v) is 37.6. The number of aryl methyl sites for hydroxylation is 8. The normalized spacial score (nSPS) is 15.9. The van der Waals surface area contributed by atoms with Gasteiger partial charge in [-0.3, -0.25) is 0 Å². The van der Waals surface area contributed by atoms with E-state index in [1.54, 1.807) is 0 Å². The molecule has 8 aromatic carbocycles. The summed E-state index contributed by atoms with van der Waals surface area (Å²) in [7, 11) is 8.43. The third kappa shape index (κ3) is 12.2. The van der Waals surface area contributed by atoms with Crippen LogP contribution in [0.2, 0.25) is 0 Å². The molecule has 0 N–H and O–H groups in total. The van der Waals surface area contributed by atoms with Crippen molar-refractivity contribution in [3.8, 4) is 89.5 Å². The standard InChI is InChI=1S/4C25H28N/c1-16(2)18-10-9-11-19-23-20(25(4,5)24(18)19)14-13-17(3)22(23)21-12-7-8-15-26(21)6;2*1-16(2)18-11-12-19-21(15-18)25(4,5)20-13-10-17(3)23(24(19)20)22-9-7-8-14-26(22)6;1-16(2)18-11-13-20-19(15-18)24-21(25(20,4)5)12-10-17(3)23(24)22-9-7-8-14-26(22)6/h4*7-16H,1-6H3/q4*+1/i;16D;;1D3,16D. The number of fused-ring (bicyclic) bond motifs is 12. The van der Waals surface area contributed by atoms with Crippen LogP contribution in [0.1, 0.15) is 230 Å². The van der Waals surface area contributed by atoms with Gasteiger partial charge in [0.2, 0.25) is 22.8 Å². The molecule has 0 spiro atoms. The molecule has 0 fully saturated rings. The number of hydrogen-bond donors (Lipinski definition) is 0. The third-order valence-corrected chi connectivity index (χ3v) is 23.8. The maximum atomic E-state index is 8.59. The highest BCUT2D eigenvalue weighted by molar-refractivity contribution is 5.97. The highest BCUT2D eigenvalue weighted by Crippen LogP contribution is 2.58. The van der Waals surface area contributed by atoms with E-state index in [2.05, 4.69) is 333 Å². The Morgan fingerprint density at radius 3 is 1.00 bits per heavy atom. The summed E-state index contributed by atoms with van der Waals surface area (Å²) in [6.07, 6.45) is 8.43. The molecular formula is C100H112N4+4. The number of aromatic nitrogens is 4. The smallest absolute Gasteiger partial charge is 0.201 e.